The first kappa shape index (κ1) is 18.8. The van der Waals surface area contributed by atoms with Crippen LogP contribution in [0.3, 0.4) is 0 Å². The molecule has 2 amide bonds. The third-order valence-electron chi connectivity index (χ3n) is 4.72. The van der Waals surface area contributed by atoms with E-state index >= 15 is 0 Å². The van der Waals surface area contributed by atoms with Gasteiger partial charge in [0.25, 0.3) is 5.91 Å². The van der Waals surface area contributed by atoms with E-state index in [1.165, 1.54) is 0 Å². The summed E-state index contributed by atoms with van der Waals surface area (Å²) in [5.41, 5.74) is 1.24. The molecule has 3 N–H and O–H groups in total. The van der Waals surface area contributed by atoms with Crippen LogP contribution in [0.15, 0.2) is 60.7 Å². The van der Waals surface area contributed by atoms with E-state index in [-0.39, 0.29) is 13.3 Å². The van der Waals surface area contributed by atoms with Gasteiger partial charge in [-0.2, -0.15) is 0 Å². The molecule has 0 spiro atoms. The minimum absolute atomic E-state index is 0.179. The van der Waals surface area contributed by atoms with Crippen molar-refractivity contribution >= 4 is 22.6 Å². The number of aliphatic hydroxyl groups excluding tert-OH is 1. The van der Waals surface area contributed by atoms with E-state index in [0.29, 0.717) is 17.1 Å². The Labute approximate surface area is 167 Å². The summed E-state index contributed by atoms with van der Waals surface area (Å²) in [7, 11) is 0. The summed E-state index contributed by atoms with van der Waals surface area (Å²) in [5.74, 6) is 0.392. The first-order valence-corrected chi connectivity index (χ1v) is 9.21. The van der Waals surface area contributed by atoms with E-state index in [9.17, 15) is 14.7 Å². The van der Waals surface area contributed by atoms with Gasteiger partial charge in [-0.15, -0.1) is 0 Å². The van der Waals surface area contributed by atoms with E-state index in [4.69, 9.17) is 9.47 Å². The Morgan fingerprint density at radius 2 is 1.76 bits per heavy atom. The highest BCUT2D eigenvalue weighted by molar-refractivity contribution is 6.00. The summed E-state index contributed by atoms with van der Waals surface area (Å²) in [6.07, 6.45) is 0. The number of carbonyl (C=O) groups is 2. The monoisotopic (exact) mass is 392 g/mol. The molecule has 3 aromatic carbocycles. The number of amides is 2. The summed E-state index contributed by atoms with van der Waals surface area (Å²) >= 11 is 0. The molecule has 148 valence electrons. The van der Waals surface area contributed by atoms with Crippen LogP contribution in [-0.4, -0.2) is 36.4 Å². The number of rotatable bonds is 6. The molecule has 0 fully saturated rings. The van der Waals surface area contributed by atoms with Gasteiger partial charge in [-0.3, -0.25) is 9.59 Å². The minimum Gasteiger partial charge on any atom is -0.454 e. The van der Waals surface area contributed by atoms with Crippen molar-refractivity contribution in [1.82, 2.24) is 10.6 Å². The number of nitrogens with one attached hydrogen (secondary N) is 2. The molecule has 1 atom stereocenters. The minimum atomic E-state index is -1.05. The molecular formula is C22H20N2O5. The van der Waals surface area contributed by atoms with Crippen molar-refractivity contribution in [3.05, 3.63) is 71.8 Å². The molecule has 7 nitrogen and oxygen atoms in total. The maximum Gasteiger partial charge on any atom is 0.252 e. The van der Waals surface area contributed by atoms with Crippen LogP contribution in [0.1, 0.15) is 15.9 Å². The predicted molar refractivity (Wildman–Crippen MR) is 107 cm³/mol. The van der Waals surface area contributed by atoms with E-state index in [0.717, 1.165) is 16.3 Å². The van der Waals surface area contributed by atoms with Crippen molar-refractivity contribution in [2.75, 3.05) is 13.4 Å². The average molecular weight is 392 g/mol. The quantitative estimate of drug-likeness (QED) is 0.596. The van der Waals surface area contributed by atoms with Crippen LogP contribution < -0.4 is 20.1 Å². The number of hydrogen-bond donors (Lipinski definition) is 3. The van der Waals surface area contributed by atoms with Gasteiger partial charge in [-0.1, -0.05) is 36.4 Å². The SMILES string of the molecule is O=C(N[C@@H](CO)C(=O)NCc1ccc2c(c1)OCO2)c1ccc2ccccc2c1. The molecule has 1 aliphatic heterocycles. The zero-order chi connectivity index (χ0) is 20.2. The van der Waals surface area contributed by atoms with E-state index < -0.39 is 24.5 Å². The topological polar surface area (TPSA) is 96.9 Å². The van der Waals surface area contributed by atoms with Gasteiger partial charge in [0.1, 0.15) is 6.04 Å². The zero-order valence-electron chi connectivity index (χ0n) is 15.6. The second-order valence-electron chi connectivity index (χ2n) is 6.68. The van der Waals surface area contributed by atoms with Crippen LogP contribution in [0.4, 0.5) is 0 Å². The summed E-state index contributed by atoms with van der Waals surface area (Å²) in [4.78, 5) is 25.0. The molecule has 1 heterocycles. The molecule has 4 rings (SSSR count). The maximum atomic E-state index is 12.5. The van der Waals surface area contributed by atoms with E-state index in [2.05, 4.69) is 10.6 Å². The lowest BCUT2D eigenvalue weighted by Gasteiger charge is -2.16. The molecule has 0 bridgehead atoms. The molecule has 0 unspecified atom stereocenters. The van der Waals surface area contributed by atoms with Crippen LogP contribution in [0.25, 0.3) is 10.8 Å². The van der Waals surface area contributed by atoms with Crippen molar-refractivity contribution in [2.45, 2.75) is 12.6 Å². The number of hydrogen-bond acceptors (Lipinski definition) is 5. The second kappa shape index (κ2) is 8.20. The summed E-state index contributed by atoms with van der Waals surface area (Å²) < 4.78 is 10.6. The summed E-state index contributed by atoms with van der Waals surface area (Å²) in [5, 5.41) is 16.8. The lowest BCUT2D eigenvalue weighted by atomic mass is 10.1. The molecule has 3 aromatic rings. The maximum absolute atomic E-state index is 12.5. The molecule has 0 aromatic heterocycles. The van der Waals surface area contributed by atoms with Gasteiger partial charge in [0.05, 0.1) is 6.61 Å². The smallest absolute Gasteiger partial charge is 0.252 e. The number of benzene rings is 3. The first-order valence-electron chi connectivity index (χ1n) is 9.21. The lowest BCUT2D eigenvalue weighted by molar-refractivity contribution is -0.124. The molecule has 29 heavy (non-hydrogen) atoms. The fourth-order valence-electron chi connectivity index (χ4n) is 3.13. The molecule has 7 heteroatoms. The Kier molecular flexibility index (Phi) is 5.31. The van der Waals surface area contributed by atoms with Crippen LogP contribution in [0.5, 0.6) is 11.5 Å². The van der Waals surface area contributed by atoms with Gasteiger partial charge >= 0.3 is 0 Å². The van der Waals surface area contributed by atoms with Crippen molar-refractivity contribution in [2.24, 2.45) is 0 Å². The van der Waals surface area contributed by atoms with Gasteiger partial charge < -0.3 is 25.2 Å². The standard InChI is InChI=1S/C22H20N2O5/c25-12-18(22(27)23-11-14-5-8-19-20(9-14)29-13-28-19)24-21(26)17-7-6-15-3-1-2-4-16(15)10-17/h1-10,18,25H,11-13H2,(H,23,27)(H,24,26)/t18-/m0/s1. The predicted octanol–water partition coefficient (Wildman–Crippen LogP) is 1.98. The largest absolute Gasteiger partial charge is 0.454 e. The Balaban J connectivity index is 1.38. The van der Waals surface area contributed by atoms with Crippen LogP contribution in [-0.2, 0) is 11.3 Å². The molecule has 0 saturated carbocycles. The molecule has 0 aliphatic carbocycles. The number of aliphatic hydroxyl groups is 1. The van der Waals surface area contributed by atoms with Crippen molar-refractivity contribution in [3.63, 3.8) is 0 Å². The molecule has 1 aliphatic rings. The number of ether oxygens (including phenoxy) is 2. The molecule has 0 radical (unpaired) electrons. The molecule has 0 saturated heterocycles. The lowest BCUT2D eigenvalue weighted by Crippen LogP contribution is -2.48. The molecular weight excluding hydrogens is 372 g/mol. The van der Waals surface area contributed by atoms with Gasteiger partial charge in [-0.05, 0) is 40.6 Å². The number of carbonyl (C=O) groups excluding carboxylic acids is 2. The normalized spacial score (nSPS) is 13.1. The summed E-state index contributed by atoms with van der Waals surface area (Å²) in [6, 6.07) is 17.3. The van der Waals surface area contributed by atoms with Crippen LogP contribution in [0, 0.1) is 0 Å². The van der Waals surface area contributed by atoms with Crippen LogP contribution in [0.2, 0.25) is 0 Å². The highest BCUT2D eigenvalue weighted by atomic mass is 16.7. The van der Waals surface area contributed by atoms with E-state index in [1.54, 1.807) is 24.3 Å². The van der Waals surface area contributed by atoms with Gasteiger partial charge in [0.2, 0.25) is 12.7 Å². The van der Waals surface area contributed by atoms with Crippen molar-refractivity contribution in [1.29, 1.82) is 0 Å². The first-order chi connectivity index (χ1) is 14.1. The van der Waals surface area contributed by atoms with Gasteiger partial charge in [0.15, 0.2) is 11.5 Å². The Bertz CT molecular complexity index is 1070. The Hall–Kier alpha value is -3.58. The third-order valence-corrected chi connectivity index (χ3v) is 4.72. The second-order valence-corrected chi connectivity index (χ2v) is 6.68. The third kappa shape index (κ3) is 4.14. The Morgan fingerprint density at radius 3 is 2.59 bits per heavy atom. The fraction of sp³-hybridized carbons (Fsp3) is 0.182. The summed E-state index contributed by atoms with van der Waals surface area (Å²) in [6.45, 7) is -0.0946. The van der Waals surface area contributed by atoms with Crippen LogP contribution >= 0.6 is 0 Å². The highest BCUT2D eigenvalue weighted by Crippen LogP contribution is 2.32. The van der Waals surface area contributed by atoms with Crippen molar-refractivity contribution in [3.8, 4) is 11.5 Å². The zero-order valence-corrected chi connectivity index (χ0v) is 15.6. The number of fused-ring (bicyclic) bond motifs is 2. The average Bonchev–Trinajstić information content (AvgIpc) is 3.23. The van der Waals surface area contributed by atoms with E-state index in [1.807, 2.05) is 36.4 Å². The van der Waals surface area contributed by atoms with Gasteiger partial charge in [-0.25, -0.2) is 0 Å². The Morgan fingerprint density at radius 1 is 0.966 bits per heavy atom. The van der Waals surface area contributed by atoms with Gasteiger partial charge in [0, 0.05) is 12.1 Å². The fourth-order valence-corrected chi connectivity index (χ4v) is 3.13. The highest BCUT2D eigenvalue weighted by Gasteiger charge is 2.21. The van der Waals surface area contributed by atoms with Crippen molar-refractivity contribution < 1.29 is 24.2 Å².